The summed E-state index contributed by atoms with van der Waals surface area (Å²) >= 11 is 3.58. The highest BCUT2D eigenvalue weighted by molar-refractivity contribution is 9.10. The average molecular weight is 334 g/mol. The number of hydrogen-bond donors (Lipinski definition) is 1. The SMILES string of the molecule is CCC(Nc1ccc(C)c(Br)c1)c1ccc(OC)cc1. The summed E-state index contributed by atoms with van der Waals surface area (Å²) in [5.41, 5.74) is 3.64. The molecular formula is C17H20BrNO. The maximum Gasteiger partial charge on any atom is 0.118 e. The van der Waals surface area contributed by atoms with Gasteiger partial charge in [0, 0.05) is 10.2 Å². The summed E-state index contributed by atoms with van der Waals surface area (Å²) in [6.45, 7) is 4.28. The van der Waals surface area contributed by atoms with E-state index in [4.69, 9.17) is 4.74 Å². The van der Waals surface area contributed by atoms with Gasteiger partial charge in [-0.3, -0.25) is 0 Å². The number of rotatable bonds is 5. The molecule has 3 heteroatoms. The van der Waals surface area contributed by atoms with Crippen molar-refractivity contribution in [2.45, 2.75) is 26.3 Å². The van der Waals surface area contributed by atoms with Crippen LogP contribution in [0, 0.1) is 6.92 Å². The zero-order valence-corrected chi connectivity index (χ0v) is 13.7. The third-order valence-electron chi connectivity index (χ3n) is 3.44. The van der Waals surface area contributed by atoms with Crippen molar-refractivity contribution in [3.05, 3.63) is 58.1 Å². The number of hydrogen-bond acceptors (Lipinski definition) is 2. The lowest BCUT2D eigenvalue weighted by Gasteiger charge is -2.19. The van der Waals surface area contributed by atoms with Crippen LogP contribution in [0.5, 0.6) is 5.75 Å². The van der Waals surface area contributed by atoms with Crippen LogP contribution in [0.15, 0.2) is 46.9 Å². The van der Waals surface area contributed by atoms with Gasteiger partial charge in [-0.25, -0.2) is 0 Å². The van der Waals surface area contributed by atoms with Crippen LogP contribution < -0.4 is 10.1 Å². The van der Waals surface area contributed by atoms with E-state index < -0.39 is 0 Å². The molecule has 1 unspecified atom stereocenters. The molecule has 0 amide bonds. The van der Waals surface area contributed by atoms with Gasteiger partial charge in [-0.1, -0.05) is 41.1 Å². The molecule has 0 radical (unpaired) electrons. The Hall–Kier alpha value is -1.48. The standard InChI is InChI=1S/C17H20BrNO/c1-4-17(13-6-9-15(20-3)10-7-13)19-14-8-5-12(2)16(18)11-14/h5-11,17,19H,4H2,1-3H3. The molecule has 0 saturated carbocycles. The largest absolute Gasteiger partial charge is 0.497 e. The Morgan fingerprint density at radius 2 is 1.85 bits per heavy atom. The molecule has 0 aliphatic carbocycles. The Bertz CT molecular complexity index is 566. The van der Waals surface area contributed by atoms with Crippen LogP contribution in [0.2, 0.25) is 0 Å². The first-order chi connectivity index (χ1) is 9.63. The lowest BCUT2D eigenvalue weighted by atomic mass is 10.0. The first-order valence-electron chi connectivity index (χ1n) is 6.80. The summed E-state index contributed by atoms with van der Waals surface area (Å²) in [5, 5.41) is 3.58. The molecule has 106 valence electrons. The second-order valence-electron chi connectivity index (χ2n) is 4.84. The van der Waals surface area contributed by atoms with E-state index in [0.717, 1.165) is 22.3 Å². The third kappa shape index (κ3) is 3.54. The first kappa shape index (κ1) is 14.9. The second kappa shape index (κ2) is 6.80. The summed E-state index contributed by atoms with van der Waals surface area (Å²) in [6, 6.07) is 14.9. The maximum absolute atomic E-state index is 5.20. The summed E-state index contributed by atoms with van der Waals surface area (Å²) in [4.78, 5) is 0. The van der Waals surface area contributed by atoms with Crippen molar-refractivity contribution in [2.24, 2.45) is 0 Å². The van der Waals surface area contributed by atoms with Crippen LogP contribution >= 0.6 is 15.9 Å². The fraction of sp³-hybridized carbons (Fsp3) is 0.294. The van der Waals surface area contributed by atoms with Crippen molar-refractivity contribution in [3.8, 4) is 5.75 Å². The lowest BCUT2D eigenvalue weighted by molar-refractivity contribution is 0.414. The predicted molar refractivity (Wildman–Crippen MR) is 88.5 cm³/mol. The van der Waals surface area contributed by atoms with Gasteiger partial charge < -0.3 is 10.1 Å². The van der Waals surface area contributed by atoms with E-state index in [1.807, 2.05) is 12.1 Å². The molecule has 1 atom stereocenters. The Kier molecular flexibility index (Phi) is 5.07. The molecule has 0 bridgehead atoms. The van der Waals surface area contributed by atoms with Gasteiger partial charge in [-0.05, 0) is 48.7 Å². The van der Waals surface area contributed by atoms with Gasteiger partial charge in [-0.15, -0.1) is 0 Å². The topological polar surface area (TPSA) is 21.3 Å². The summed E-state index contributed by atoms with van der Waals surface area (Å²) in [6.07, 6.45) is 1.03. The molecule has 2 nitrogen and oxygen atoms in total. The van der Waals surface area contributed by atoms with Crippen LogP contribution in [-0.2, 0) is 0 Å². The normalized spacial score (nSPS) is 12.0. The zero-order chi connectivity index (χ0) is 14.5. The van der Waals surface area contributed by atoms with Crippen molar-refractivity contribution >= 4 is 21.6 Å². The average Bonchev–Trinajstić information content (AvgIpc) is 2.48. The Morgan fingerprint density at radius 1 is 1.15 bits per heavy atom. The van der Waals surface area contributed by atoms with E-state index in [-0.39, 0.29) is 0 Å². The Balaban J connectivity index is 2.16. The molecule has 0 spiro atoms. The van der Waals surface area contributed by atoms with E-state index in [9.17, 15) is 0 Å². The van der Waals surface area contributed by atoms with E-state index >= 15 is 0 Å². The van der Waals surface area contributed by atoms with Crippen molar-refractivity contribution in [2.75, 3.05) is 12.4 Å². The maximum atomic E-state index is 5.20. The number of anilines is 1. The zero-order valence-electron chi connectivity index (χ0n) is 12.1. The smallest absolute Gasteiger partial charge is 0.118 e. The first-order valence-corrected chi connectivity index (χ1v) is 7.60. The van der Waals surface area contributed by atoms with Gasteiger partial charge in [0.05, 0.1) is 13.2 Å². The second-order valence-corrected chi connectivity index (χ2v) is 5.70. The predicted octanol–water partition coefficient (Wildman–Crippen LogP) is 5.33. The number of aryl methyl sites for hydroxylation is 1. The van der Waals surface area contributed by atoms with Gasteiger partial charge in [0.15, 0.2) is 0 Å². The molecule has 2 rings (SSSR count). The number of ether oxygens (including phenoxy) is 1. The molecule has 1 N–H and O–H groups in total. The van der Waals surface area contributed by atoms with E-state index in [1.54, 1.807) is 7.11 Å². The molecular weight excluding hydrogens is 314 g/mol. The molecule has 0 saturated heterocycles. The highest BCUT2D eigenvalue weighted by Gasteiger charge is 2.09. The van der Waals surface area contributed by atoms with E-state index in [2.05, 4.69) is 65.4 Å². The van der Waals surface area contributed by atoms with Gasteiger partial charge >= 0.3 is 0 Å². The number of nitrogens with one attached hydrogen (secondary N) is 1. The Morgan fingerprint density at radius 3 is 2.40 bits per heavy atom. The minimum Gasteiger partial charge on any atom is -0.497 e. The van der Waals surface area contributed by atoms with Crippen LogP contribution in [0.4, 0.5) is 5.69 Å². The molecule has 20 heavy (non-hydrogen) atoms. The lowest BCUT2D eigenvalue weighted by Crippen LogP contribution is -2.09. The van der Waals surface area contributed by atoms with Crippen molar-refractivity contribution < 1.29 is 4.74 Å². The van der Waals surface area contributed by atoms with E-state index in [0.29, 0.717) is 6.04 Å². The van der Waals surface area contributed by atoms with Gasteiger partial charge in [0.1, 0.15) is 5.75 Å². The summed E-state index contributed by atoms with van der Waals surface area (Å²) in [5.74, 6) is 0.890. The number of methoxy groups -OCH3 is 1. The highest BCUT2D eigenvalue weighted by atomic mass is 79.9. The molecule has 0 aliphatic heterocycles. The quantitative estimate of drug-likeness (QED) is 0.798. The fourth-order valence-corrected chi connectivity index (χ4v) is 2.52. The monoisotopic (exact) mass is 333 g/mol. The van der Waals surface area contributed by atoms with Crippen LogP contribution in [0.1, 0.15) is 30.5 Å². The molecule has 0 heterocycles. The Labute approximate surface area is 129 Å². The summed E-state index contributed by atoms with van der Waals surface area (Å²) < 4.78 is 6.33. The van der Waals surface area contributed by atoms with Crippen LogP contribution in [-0.4, -0.2) is 7.11 Å². The minimum absolute atomic E-state index is 0.301. The van der Waals surface area contributed by atoms with Crippen molar-refractivity contribution in [1.29, 1.82) is 0 Å². The van der Waals surface area contributed by atoms with Gasteiger partial charge in [0.2, 0.25) is 0 Å². The molecule has 0 aromatic heterocycles. The van der Waals surface area contributed by atoms with Crippen molar-refractivity contribution in [1.82, 2.24) is 0 Å². The van der Waals surface area contributed by atoms with Gasteiger partial charge in [0.25, 0.3) is 0 Å². The highest BCUT2D eigenvalue weighted by Crippen LogP contribution is 2.27. The molecule has 2 aromatic rings. The van der Waals surface area contributed by atoms with Crippen LogP contribution in [0.25, 0.3) is 0 Å². The number of benzene rings is 2. The molecule has 0 fully saturated rings. The van der Waals surface area contributed by atoms with E-state index in [1.165, 1.54) is 11.1 Å². The fourth-order valence-electron chi connectivity index (χ4n) is 2.14. The number of halogens is 1. The molecule has 0 aliphatic rings. The third-order valence-corrected chi connectivity index (χ3v) is 4.29. The summed E-state index contributed by atoms with van der Waals surface area (Å²) in [7, 11) is 1.69. The van der Waals surface area contributed by atoms with Gasteiger partial charge in [-0.2, -0.15) is 0 Å². The molecule has 2 aromatic carbocycles. The van der Waals surface area contributed by atoms with Crippen molar-refractivity contribution in [3.63, 3.8) is 0 Å². The van der Waals surface area contributed by atoms with Crippen LogP contribution in [0.3, 0.4) is 0 Å². The minimum atomic E-state index is 0.301.